The van der Waals surface area contributed by atoms with Gasteiger partial charge in [-0.3, -0.25) is 5.10 Å². The molecule has 0 aliphatic rings. The Hall–Kier alpha value is -1.98. The minimum atomic E-state index is -4.34. The molecule has 0 saturated carbocycles. The summed E-state index contributed by atoms with van der Waals surface area (Å²) in [7, 11) is 0. The molecule has 1 aromatic heterocycles. The maximum Gasteiger partial charge on any atom is 0.416 e. The number of aromatic nitrogens is 2. The quantitative estimate of drug-likeness (QED) is 0.845. The summed E-state index contributed by atoms with van der Waals surface area (Å²) in [6.07, 6.45) is -2.84. The molecule has 0 atom stereocenters. The van der Waals surface area contributed by atoms with Gasteiger partial charge in [0.2, 0.25) is 0 Å². The Labute approximate surface area is 121 Å². The summed E-state index contributed by atoms with van der Waals surface area (Å²) < 4.78 is 43.1. The van der Waals surface area contributed by atoms with E-state index in [0.717, 1.165) is 41.9 Å². The fourth-order valence-corrected chi connectivity index (χ4v) is 2.14. The van der Waals surface area contributed by atoms with Crippen LogP contribution in [0.3, 0.4) is 0 Å². The number of nitrogens with zero attached hydrogens (tertiary/aromatic N) is 1. The first-order valence-corrected chi connectivity index (χ1v) is 6.68. The van der Waals surface area contributed by atoms with Crippen LogP contribution in [0.15, 0.2) is 24.3 Å². The van der Waals surface area contributed by atoms with E-state index >= 15 is 0 Å². The highest BCUT2D eigenvalue weighted by atomic mass is 19.4. The van der Waals surface area contributed by atoms with Crippen LogP contribution in [0.5, 0.6) is 5.75 Å². The van der Waals surface area contributed by atoms with Crippen LogP contribution >= 0.6 is 0 Å². The Bertz CT molecular complexity index is 586. The predicted molar refractivity (Wildman–Crippen MR) is 73.3 cm³/mol. The molecule has 0 aliphatic heterocycles. The zero-order chi connectivity index (χ0) is 15.5. The van der Waals surface area contributed by atoms with Crippen LogP contribution in [0.25, 0.3) is 0 Å². The van der Waals surface area contributed by atoms with E-state index < -0.39 is 11.7 Å². The van der Waals surface area contributed by atoms with Crippen molar-refractivity contribution in [2.75, 3.05) is 6.61 Å². The van der Waals surface area contributed by atoms with Crippen molar-refractivity contribution in [2.24, 2.45) is 0 Å². The van der Waals surface area contributed by atoms with E-state index in [1.807, 2.05) is 13.8 Å². The van der Waals surface area contributed by atoms with Crippen molar-refractivity contribution in [2.45, 2.75) is 32.9 Å². The largest absolute Gasteiger partial charge is 0.494 e. The van der Waals surface area contributed by atoms with Crippen molar-refractivity contribution in [3.63, 3.8) is 0 Å². The van der Waals surface area contributed by atoms with Gasteiger partial charge in [0.15, 0.2) is 0 Å². The molecule has 1 N–H and O–H groups in total. The van der Waals surface area contributed by atoms with Crippen molar-refractivity contribution in [1.29, 1.82) is 0 Å². The highest BCUT2D eigenvalue weighted by Gasteiger charge is 2.30. The second kappa shape index (κ2) is 6.20. The molecule has 0 amide bonds. The van der Waals surface area contributed by atoms with Gasteiger partial charge in [-0.25, -0.2) is 0 Å². The molecule has 0 bridgehead atoms. The number of benzene rings is 1. The van der Waals surface area contributed by atoms with Gasteiger partial charge in [-0.15, -0.1) is 0 Å². The molecule has 6 heteroatoms. The maximum atomic E-state index is 12.6. The molecule has 0 radical (unpaired) electrons. The molecule has 1 heterocycles. The van der Waals surface area contributed by atoms with E-state index in [9.17, 15) is 13.2 Å². The number of ether oxygens (including phenoxy) is 1. The van der Waals surface area contributed by atoms with Gasteiger partial charge in [0.1, 0.15) is 5.75 Å². The van der Waals surface area contributed by atoms with Crippen molar-refractivity contribution in [3.8, 4) is 5.75 Å². The van der Waals surface area contributed by atoms with Crippen LogP contribution in [0, 0.1) is 13.8 Å². The van der Waals surface area contributed by atoms with Crippen LogP contribution in [-0.4, -0.2) is 16.8 Å². The molecular weight excluding hydrogens is 281 g/mol. The number of halogens is 3. The zero-order valence-corrected chi connectivity index (χ0v) is 11.9. The summed E-state index contributed by atoms with van der Waals surface area (Å²) in [5, 5.41) is 7.00. The average molecular weight is 298 g/mol. The summed E-state index contributed by atoms with van der Waals surface area (Å²) in [5.74, 6) is 0.241. The Kier molecular flexibility index (Phi) is 4.55. The fraction of sp³-hybridized carbons (Fsp3) is 0.400. The average Bonchev–Trinajstić information content (AvgIpc) is 2.74. The van der Waals surface area contributed by atoms with Gasteiger partial charge in [-0.05, 0) is 50.5 Å². The molecule has 3 nitrogen and oxygen atoms in total. The number of H-pyrrole nitrogens is 1. The topological polar surface area (TPSA) is 37.9 Å². The first kappa shape index (κ1) is 15.4. The van der Waals surface area contributed by atoms with Crippen molar-refractivity contribution in [1.82, 2.24) is 10.2 Å². The molecule has 0 aliphatic carbocycles. The third kappa shape index (κ3) is 4.00. The molecule has 114 valence electrons. The molecule has 0 fully saturated rings. The molecule has 2 rings (SSSR count). The highest BCUT2D eigenvalue weighted by molar-refractivity contribution is 5.30. The van der Waals surface area contributed by atoms with E-state index in [-0.39, 0.29) is 5.75 Å². The van der Waals surface area contributed by atoms with Gasteiger partial charge >= 0.3 is 6.18 Å². The first-order chi connectivity index (χ1) is 9.88. The molecule has 21 heavy (non-hydrogen) atoms. The smallest absolute Gasteiger partial charge is 0.416 e. The minimum absolute atomic E-state index is 0.241. The summed E-state index contributed by atoms with van der Waals surface area (Å²) in [6, 6.07) is 4.94. The lowest BCUT2D eigenvalue weighted by molar-refractivity contribution is -0.137. The summed E-state index contributed by atoms with van der Waals surface area (Å²) in [5.41, 5.74) is 2.42. The summed E-state index contributed by atoms with van der Waals surface area (Å²) in [6.45, 7) is 4.24. The predicted octanol–water partition coefficient (Wildman–Crippen LogP) is 4.06. The van der Waals surface area contributed by atoms with Gasteiger partial charge in [-0.1, -0.05) is 6.07 Å². The van der Waals surface area contributed by atoms with Crippen LogP contribution in [-0.2, 0) is 12.6 Å². The lowest BCUT2D eigenvalue weighted by Crippen LogP contribution is -2.06. The van der Waals surface area contributed by atoms with Crippen molar-refractivity contribution >= 4 is 0 Å². The third-order valence-corrected chi connectivity index (χ3v) is 3.28. The van der Waals surface area contributed by atoms with Crippen molar-refractivity contribution in [3.05, 3.63) is 46.8 Å². The normalized spacial score (nSPS) is 11.7. The third-order valence-electron chi connectivity index (χ3n) is 3.28. The Morgan fingerprint density at radius 3 is 2.62 bits per heavy atom. The number of aromatic amines is 1. The van der Waals surface area contributed by atoms with E-state index in [0.29, 0.717) is 6.61 Å². The van der Waals surface area contributed by atoms with E-state index in [1.54, 1.807) is 0 Å². The zero-order valence-electron chi connectivity index (χ0n) is 11.9. The number of hydrogen-bond acceptors (Lipinski definition) is 2. The van der Waals surface area contributed by atoms with Gasteiger partial charge in [0, 0.05) is 5.69 Å². The SMILES string of the molecule is Cc1n[nH]c(C)c1CCCOc1cccc(C(F)(F)F)c1. The molecular formula is C15H17F3N2O. The van der Waals surface area contributed by atoms with Gasteiger partial charge < -0.3 is 4.74 Å². The summed E-state index contributed by atoms with van der Waals surface area (Å²) in [4.78, 5) is 0. The molecule has 1 aromatic carbocycles. The highest BCUT2D eigenvalue weighted by Crippen LogP contribution is 2.31. The Balaban J connectivity index is 1.87. The fourth-order valence-electron chi connectivity index (χ4n) is 2.14. The van der Waals surface area contributed by atoms with E-state index in [1.165, 1.54) is 12.1 Å². The Morgan fingerprint density at radius 1 is 1.24 bits per heavy atom. The number of aryl methyl sites for hydroxylation is 2. The number of alkyl halides is 3. The van der Waals surface area contributed by atoms with Crippen LogP contribution in [0.4, 0.5) is 13.2 Å². The van der Waals surface area contributed by atoms with E-state index in [2.05, 4.69) is 10.2 Å². The standard InChI is InChI=1S/C15H17F3N2O/c1-10-14(11(2)20-19-10)7-4-8-21-13-6-3-5-12(9-13)15(16,17)18/h3,5-6,9H,4,7-8H2,1-2H3,(H,19,20). The van der Waals surface area contributed by atoms with Gasteiger partial charge in [-0.2, -0.15) is 18.3 Å². The van der Waals surface area contributed by atoms with Gasteiger partial charge in [0.25, 0.3) is 0 Å². The molecule has 0 saturated heterocycles. The van der Waals surface area contributed by atoms with Crippen LogP contribution in [0.1, 0.15) is 28.9 Å². The van der Waals surface area contributed by atoms with Crippen LogP contribution < -0.4 is 4.74 Å². The number of nitrogens with one attached hydrogen (secondary N) is 1. The Morgan fingerprint density at radius 2 is 2.00 bits per heavy atom. The van der Waals surface area contributed by atoms with E-state index in [4.69, 9.17) is 4.74 Å². The lowest BCUT2D eigenvalue weighted by atomic mass is 10.1. The molecule has 2 aromatic rings. The first-order valence-electron chi connectivity index (χ1n) is 6.68. The maximum absolute atomic E-state index is 12.6. The molecule has 0 unspecified atom stereocenters. The monoisotopic (exact) mass is 298 g/mol. The van der Waals surface area contributed by atoms with Gasteiger partial charge in [0.05, 0.1) is 17.9 Å². The summed E-state index contributed by atoms with van der Waals surface area (Å²) >= 11 is 0. The second-order valence-electron chi connectivity index (χ2n) is 4.89. The minimum Gasteiger partial charge on any atom is -0.494 e. The number of rotatable bonds is 5. The second-order valence-corrected chi connectivity index (χ2v) is 4.89. The lowest BCUT2D eigenvalue weighted by Gasteiger charge is -2.10. The van der Waals surface area contributed by atoms with Crippen LogP contribution in [0.2, 0.25) is 0 Å². The number of hydrogen-bond donors (Lipinski definition) is 1. The van der Waals surface area contributed by atoms with Crippen molar-refractivity contribution < 1.29 is 17.9 Å². The molecule has 0 spiro atoms.